The molecule has 0 aliphatic heterocycles. The van der Waals surface area contributed by atoms with Gasteiger partial charge >= 0.3 is 19.5 Å². The molecule has 2 aliphatic rings. The maximum Gasteiger partial charge on any atom is 2.00 e. The summed E-state index contributed by atoms with van der Waals surface area (Å²) in [5.74, 6) is 1.47. The van der Waals surface area contributed by atoms with Gasteiger partial charge in [0, 0.05) is 0 Å². The Morgan fingerprint density at radius 2 is 0.952 bits per heavy atom. The van der Waals surface area contributed by atoms with Gasteiger partial charge in [-0.25, -0.2) is 0 Å². The third-order valence-corrected chi connectivity index (χ3v) is 5.23. The van der Waals surface area contributed by atoms with Crippen molar-refractivity contribution in [2.24, 2.45) is 33.5 Å². The average Bonchev–Trinajstić information content (AvgIpc) is 3.16. The molecule has 0 unspecified atom stereocenters. The van der Waals surface area contributed by atoms with Gasteiger partial charge in [0.2, 0.25) is 0 Å². The van der Waals surface area contributed by atoms with Gasteiger partial charge < -0.3 is 12.8 Å². The van der Waals surface area contributed by atoms with Crippen LogP contribution in [-0.4, -0.2) is 0 Å². The minimum Gasteiger partial charge on any atom is -0.323 e. The molecule has 1 heteroatoms. The van der Waals surface area contributed by atoms with Crippen LogP contribution in [0, 0.1) is 46.3 Å². The van der Waals surface area contributed by atoms with Crippen LogP contribution >= 0.6 is 0 Å². The molecule has 0 amide bonds. The first-order valence-corrected chi connectivity index (χ1v) is 7.79. The Balaban J connectivity index is 0.000000364. The molecule has 2 fully saturated rings. The van der Waals surface area contributed by atoms with Crippen LogP contribution in [0.1, 0.15) is 55.4 Å². The first kappa shape index (κ1) is 21.1. The number of allylic oxidation sites excluding steroid dienone is 2. The monoisotopic (exact) mass is 338 g/mol. The summed E-state index contributed by atoms with van der Waals surface area (Å²) in [5.41, 5.74) is 1.50. The molecular formula is C20H34Zn. The van der Waals surface area contributed by atoms with E-state index in [1.54, 1.807) is 0 Å². The van der Waals surface area contributed by atoms with Crippen LogP contribution in [0.5, 0.6) is 0 Å². The van der Waals surface area contributed by atoms with Crippen molar-refractivity contribution in [3.8, 4) is 0 Å². The summed E-state index contributed by atoms with van der Waals surface area (Å²) in [6.07, 6.45) is 8.91. The Morgan fingerprint density at radius 1 is 0.762 bits per heavy atom. The molecule has 2 atom stereocenters. The Morgan fingerprint density at radius 3 is 1.00 bits per heavy atom. The van der Waals surface area contributed by atoms with Crippen LogP contribution in [0.25, 0.3) is 0 Å². The van der Waals surface area contributed by atoms with E-state index in [4.69, 9.17) is 0 Å². The molecule has 21 heavy (non-hydrogen) atoms. The minimum atomic E-state index is 0. The summed E-state index contributed by atoms with van der Waals surface area (Å²) in [6.45, 7) is 25.8. The number of rotatable bonds is 4. The molecule has 0 aromatic heterocycles. The van der Waals surface area contributed by atoms with E-state index in [0.29, 0.717) is 21.7 Å². The van der Waals surface area contributed by atoms with Gasteiger partial charge in [-0.15, -0.1) is 13.2 Å². The smallest absolute Gasteiger partial charge is 0.323 e. The van der Waals surface area contributed by atoms with Crippen molar-refractivity contribution in [1.82, 2.24) is 0 Å². The Hall–Kier alpha value is 0.103. The quantitative estimate of drug-likeness (QED) is 0.329. The Kier molecular flexibility index (Phi) is 6.34. The zero-order valence-electron chi connectivity index (χ0n) is 15.6. The van der Waals surface area contributed by atoms with Crippen molar-refractivity contribution >= 4 is 0 Å². The zero-order chi connectivity index (χ0) is 16.0. The van der Waals surface area contributed by atoms with Gasteiger partial charge in [0.1, 0.15) is 0 Å². The number of hydrogen-bond acceptors (Lipinski definition) is 0. The van der Waals surface area contributed by atoms with E-state index >= 15 is 0 Å². The fourth-order valence-corrected chi connectivity index (χ4v) is 3.36. The van der Waals surface area contributed by atoms with Gasteiger partial charge in [0.25, 0.3) is 0 Å². The predicted octanol–water partition coefficient (Wildman–Crippen LogP) is 6.12. The van der Waals surface area contributed by atoms with Crippen LogP contribution in [-0.2, 0) is 19.5 Å². The summed E-state index contributed by atoms with van der Waals surface area (Å²) in [5, 5.41) is 0. The van der Waals surface area contributed by atoms with E-state index in [-0.39, 0.29) is 19.5 Å². The first-order valence-electron chi connectivity index (χ1n) is 7.79. The molecule has 2 saturated carbocycles. The zero-order valence-corrected chi connectivity index (χ0v) is 18.6. The van der Waals surface area contributed by atoms with Crippen LogP contribution in [0.2, 0.25) is 0 Å². The maximum atomic E-state index is 3.84. The van der Waals surface area contributed by atoms with Crippen molar-refractivity contribution in [3.63, 3.8) is 0 Å². The van der Waals surface area contributed by atoms with Gasteiger partial charge in [-0.05, 0) is 10.8 Å². The van der Waals surface area contributed by atoms with Crippen molar-refractivity contribution in [2.45, 2.75) is 55.4 Å². The molecule has 0 heterocycles. The van der Waals surface area contributed by atoms with Gasteiger partial charge in [-0.2, -0.15) is 22.7 Å². The second-order valence-corrected chi connectivity index (χ2v) is 8.98. The first-order chi connectivity index (χ1) is 8.80. The molecule has 0 radical (unpaired) electrons. The summed E-state index contributed by atoms with van der Waals surface area (Å²) in [7, 11) is 0. The van der Waals surface area contributed by atoms with E-state index < -0.39 is 0 Å². The van der Waals surface area contributed by atoms with Crippen LogP contribution < -0.4 is 0 Å². The normalized spacial score (nSPS) is 28.4. The van der Waals surface area contributed by atoms with E-state index in [1.807, 2.05) is 0 Å². The standard InChI is InChI=1S/2C10H17.Zn/c2*1-6-9(2,3)8-7-10(8,4)5;/h2*6-8H,1H2,2-5H3;/q2*-1;+2/t2*8-;/m11./s1. The van der Waals surface area contributed by atoms with E-state index in [2.05, 4.69) is 93.5 Å². The van der Waals surface area contributed by atoms with Crippen LogP contribution in [0.4, 0.5) is 0 Å². The predicted molar refractivity (Wildman–Crippen MR) is 91.1 cm³/mol. The molecule has 2 aliphatic carbocycles. The molecular weight excluding hydrogens is 306 g/mol. The summed E-state index contributed by atoms with van der Waals surface area (Å²) in [6, 6.07) is 0. The molecule has 2 rings (SSSR count). The Bertz CT molecular complexity index is 347. The van der Waals surface area contributed by atoms with Crippen LogP contribution in [0.15, 0.2) is 25.3 Å². The fourth-order valence-electron chi connectivity index (χ4n) is 3.36. The van der Waals surface area contributed by atoms with Crippen molar-refractivity contribution in [1.29, 1.82) is 0 Å². The molecule has 116 valence electrons. The third-order valence-electron chi connectivity index (χ3n) is 5.23. The minimum absolute atomic E-state index is 0. The molecule has 0 nitrogen and oxygen atoms in total. The maximum absolute atomic E-state index is 3.84. The second kappa shape index (κ2) is 6.31. The molecule has 0 spiro atoms. The average molecular weight is 340 g/mol. The summed E-state index contributed by atoms with van der Waals surface area (Å²) >= 11 is 0. The molecule has 0 saturated heterocycles. The van der Waals surface area contributed by atoms with E-state index in [9.17, 15) is 0 Å². The van der Waals surface area contributed by atoms with Gasteiger partial charge in [-0.1, -0.05) is 67.5 Å². The van der Waals surface area contributed by atoms with Gasteiger partial charge in [-0.3, -0.25) is 0 Å². The number of hydrogen-bond donors (Lipinski definition) is 0. The van der Waals surface area contributed by atoms with E-state index in [0.717, 1.165) is 11.8 Å². The molecule has 0 bridgehead atoms. The van der Waals surface area contributed by atoms with Crippen molar-refractivity contribution in [2.75, 3.05) is 0 Å². The Labute approximate surface area is 146 Å². The van der Waals surface area contributed by atoms with Crippen molar-refractivity contribution < 1.29 is 19.5 Å². The summed E-state index contributed by atoms with van der Waals surface area (Å²) < 4.78 is 0. The second-order valence-electron chi connectivity index (χ2n) is 8.98. The topological polar surface area (TPSA) is 0 Å². The third kappa shape index (κ3) is 5.05. The van der Waals surface area contributed by atoms with E-state index in [1.165, 1.54) is 0 Å². The van der Waals surface area contributed by atoms with Gasteiger partial charge in [0.15, 0.2) is 0 Å². The molecule has 0 aromatic rings. The largest absolute Gasteiger partial charge is 2.00 e. The molecule has 0 aromatic carbocycles. The van der Waals surface area contributed by atoms with Crippen LogP contribution in [0.3, 0.4) is 0 Å². The molecule has 0 N–H and O–H groups in total. The van der Waals surface area contributed by atoms with Gasteiger partial charge in [0.05, 0.1) is 0 Å². The fraction of sp³-hybridized carbons (Fsp3) is 0.700. The van der Waals surface area contributed by atoms with Crippen molar-refractivity contribution in [3.05, 3.63) is 38.2 Å². The SMILES string of the molecule is C=CC(C)(C)[C@H]1[CH-]C1(C)C.C=CC(C)(C)[C@H]1[CH-]C1(C)C.[Zn+2]. The summed E-state index contributed by atoms with van der Waals surface area (Å²) in [4.78, 5) is 0.